The number of carbonyl (C=O) groups is 2. The van der Waals surface area contributed by atoms with Crippen LogP contribution < -0.4 is 5.32 Å². The van der Waals surface area contributed by atoms with Crippen LogP contribution in [0.1, 0.15) is 44.0 Å². The Kier molecular flexibility index (Phi) is 6.53. The molecule has 4 nitrogen and oxygen atoms in total. The van der Waals surface area contributed by atoms with Crippen LogP contribution in [0.25, 0.3) is 0 Å². The normalized spacial score (nSPS) is 19.2. The van der Waals surface area contributed by atoms with Crippen LogP contribution in [0, 0.1) is 11.8 Å². The van der Waals surface area contributed by atoms with Crippen LogP contribution in [0.2, 0.25) is 10.0 Å². The number of piperidine rings is 1. The zero-order valence-corrected chi connectivity index (χ0v) is 15.8. The third kappa shape index (κ3) is 4.64. The molecule has 1 aliphatic rings. The van der Waals surface area contributed by atoms with E-state index in [0.717, 1.165) is 12.8 Å². The summed E-state index contributed by atoms with van der Waals surface area (Å²) in [4.78, 5) is 26.8. The zero-order chi connectivity index (χ0) is 17.9. The summed E-state index contributed by atoms with van der Waals surface area (Å²) in [5.74, 6) is 0.143. The number of benzene rings is 1. The van der Waals surface area contributed by atoms with Gasteiger partial charge in [-0.3, -0.25) is 9.59 Å². The second-order valence-electron chi connectivity index (χ2n) is 6.76. The van der Waals surface area contributed by atoms with E-state index in [-0.39, 0.29) is 23.8 Å². The van der Waals surface area contributed by atoms with Crippen LogP contribution in [-0.2, 0) is 4.79 Å². The largest absolute Gasteiger partial charge is 0.353 e. The van der Waals surface area contributed by atoms with Gasteiger partial charge in [-0.05, 0) is 43.9 Å². The standard InChI is InChI=1S/C18H24Cl2N2O2/c1-11(2)12(3)21-17(23)14-5-4-8-22(10-14)18(24)13-6-7-15(19)16(20)9-13/h6-7,9,11-12,14H,4-5,8,10H2,1-3H3,(H,21,23). The average Bonchev–Trinajstić information content (AvgIpc) is 2.56. The van der Waals surface area contributed by atoms with E-state index in [1.54, 1.807) is 23.1 Å². The van der Waals surface area contributed by atoms with Crippen LogP contribution in [0.15, 0.2) is 18.2 Å². The molecule has 1 aliphatic heterocycles. The molecule has 2 rings (SSSR count). The van der Waals surface area contributed by atoms with Crippen molar-refractivity contribution in [3.63, 3.8) is 0 Å². The van der Waals surface area contributed by atoms with Gasteiger partial charge in [-0.25, -0.2) is 0 Å². The maximum atomic E-state index is 12.7. The lowest BCUT2D eigenvalue weighted by molar-refractivity contribution is -0.127. The lowest BCUT2D eigenvalue weighted by Crippen LogP contribution is -2.48. The van der Waals surface area contributed by atoms with Crippen molar-refractivity contribution in [1.82, 2.24) is 10.2 Å². The minimum absolute atomic E-state index is 0.0304. The first-order valence-electron chi connectivity index (χ1n) is 8.34. The van der Waals surface area contributed by atoms with E-state index in [0.29, 0.717) is 34.6 Å². The summed E-state index contributed by atoms with van der Waals surface area (Å²) >= 11 is 11.9. The summed E-state index contributed by atoms with van der Waals surface area (Å²) in [7, 11) is 0. The fourth-order valence-electron chi connectivity index (χ4n) is 2.70. The van der Waals surface area contributed by atoms with Crippen molar-refractivity contribution in [2.75, 3.05) is 13.1 Å². The first-order valence-corrected chi connectivity index (χ1v) is 9.10. The van der Waals surface area contributed by atoms with Gasteiger partial charge in [0.1, 0.15) is 0 Å². The molecule has 0 aromatic heterocycles. The SMILES string of the molecule is CC(C)C(C)NC(=O)C1CCCN(C(=O)c2ccc(Cl)c(Cl)c2)C1. The predicted octanol–water partition coefficient (Wildman–Crippen LogP) is 4.01. The number of rotatable bonds is 4. The van der Waals surface area contributed by atoms with Crippen molar-refractivity contribution in [3.8, 4) is 0 Å². The maximum Gasteiger partial charge on any atom is 0.253 e. The topological polar surface area (TPSA) is 49.4 Å². The van der Waals surface area contributed by atoms with Gasteiger partial charge < -0.3 is 10.2 Å². The Morgan fingerprint density at radius 2 is 1.92 bits per heavy atom. The number of halogens is 2. The lowest BCUT2D eigenvalue weighted by atomic mass is 9.95. The Morgan fingerprint density at radius 3 is 2.54 bits per heavy atom. The smallest absolute Gasteiger partial charge is 0.253 e. The fraction of sp³-hybridized carbons (Fsp3) is 0.556. The third-order valence-electron chi connectivity index (χ3n) is 4.62. The average molecular weight is 371 g/mol. The van der Waals surface area contributed by atoms with E-state index >= 15 is 0 Å². The van der Waals surface area contributed by atoms with Crippen LogP contribution in [0.4, 0.5) is 0 Å². The summed E-state index contributed by atoms with van der Waals surface area (Å²) in [6.07, 6.45) is 1.63. The zero-order valence-electron chi connectivity index (χ0n) is 14.3. The van der Waals surface area contributed by atoms with Crippen molar-refractivity contribution in [1.29, 1.82) is 0 Å². The number of hydrogen-bond donors (Lipinski definition) is 1. The van der Waals surface area contributed by atoms with E-state index < -0.39 is 0 Å². The number of nitrogens with zero attached hydrogens (tertiary/aromatic N) is 1. The highest BCUT2D eigenvalue weighted by molar-refractivity contribution is 6.42. The summed E-state index contributed by atoms with van der Waals surface area (Å²) in [6, 6.07) is 4.99. The molecule has 0 spiro atoms. The summed E-state index contributed by atoms with van der Waals surface area (Å²) in [5.41, 5.74) is 0.501. The highest BCUT2D eigenvalue weighted by atomic mass is 35.5. The molecule has 6 heteroatoms. The Balaban J connectivity index is 2.03. The summed E-state index contributed by atoms with van der Waals surface area (Å²) in [5, 5.41) is 3.83. The fourth-order valence-corrected chi connectivity index (χ4v) is 2.99. The molecule has 0 radical (unpaired) electrons. The third-order valence-corrected chi connectivity index (χ3v) is 5.35. The summed E-state index contributed by atoms with van der Waals surface area (Å²) < 4.78 is 0. The molecule has 1 N–H and O–H groups in total. The number of amides is 2. The van der Waals surface area contributed by atoms with Gasteiger partial charge in [-0.15, -0.1) is 0 Å². The molecule has 0 bridgehead atoms. The molecule has 1 aromatic carbocycles. The van der Waals surface area contributed by atoms with E-state index in [4.69, 9.17) is 23.2 Å². The lowest BCUT2D eigenvalue weighted by Gasteiger charge is -2.33. The molecule has 1 saturated heterocycles. The molecule has 0 saturated carbocycles. The van der Waals surface area contributed by atoms with Gasteiger partial charge >= 0.3 is 0 Å². The molecular formula is C18H24Cl2N2O2. The highest BCUT2D eigenvalue weighted by Crippen LogP contribution is 2.25. The highest BCUT2D eigenvalue weighted by Gasteiger charge is 2.29. The number of nitrogens with one attached hydrogen (secondary N) is 1. The van der Waals surface area contributed by atoms with Gasteiger partial charge in [0.15, 0.2) is 0 Å². The molecule has 0 aliphatic carbocycles. The Labute approximate surface area is 153 Å². The van der Waals surface area contributed by atoms with Crippen molar-refractivity contribution < 1.29 is 9.59 Å². The van der Waals surface area contributed by atoms with Gasteiger partial charge in [0.25, 0.3) is 5.91 Å². The van der Waals surface area contributed by atoms with Crippen molar-refractivity contribution in [2.24, 2.45) is 11.8 Å². The van der Waals surface area contributed by atoms with Crippen LogP contribution in [0.3, 0.4) is 0 Å². The first kappa shape index (κ1) is 19.1. The van der Waals surface area contributed by atoms with Gasteiger partial charge in [-0.1, -0.05) is 37.0 Å². The van der Waals surface area contributed by atoms with E-state index in [9.17, 15) is 9.59 Å². The Morgan fingerprint density at radius 1 is 1.21 bits per heavy atom. The molecule has 2 atom stereocenters. The second-order valence-corrected chi connectivity index (χ2v) is 7.57. The molecule has 2 amide bonds. The van der Waals surface area contributed by atoms with Crippen molar-refractivity contribution >= 4 is 35.0 Å². The van der Waals surface area contributed by atoms with Gasteiger partial charge in [0.2, 0.25) is 5.91 Å². The van der Waals surface area contributed by atoms with E-state index in [2.05, 4.69) is 19.2 Å². The van der Waals surface area contributed by atoms with Crippen molar-refractivity contribution in [3.05, 3.63) is 33.8 Å². The quantitative estimate of drug-likeness (QED) is 0.870. The molecule has 2 unspecified atom stereocenters. The van der Waals surface area contributed by atoms with Crippen LogP contribution in [0.5, 0.6) is 0 Å². The maximum absolute atomic E-state index is 12.7. The molecule has 1 fully saturated rings. The van der Waals surface area contributed by atoms with E-state index in [1.807, 2.05) is 6.92 Å². The van der Waals surface area contributed by atoms with Gasteiger partial charge in [0, 0.05) is 24.7 Å². The van der Waals surface area contributed by atoms with Crippen LogP contribution in [-0.4, -0.2) is 35.8 Å². The van der Waals surface area contributed by atoms with Crippen molar-refractivity contribution in [2.45, 2.75) is 39.7 Å². The number of carbonyl (C=O) groups excluding carboxylic acids is 2. The summed E-state index contributed by atoms with van der Waals surface area (Å²) in [6.45, 7) is 7.25. The molecule has 1 aromatic rings. The minimum Gasteiger partial charge on any atom is -0.353 e. The molecule has 24 heavy (non-hydrogen) atoms. The number of hydrogen-bond acceptors (Lipinski definition) is 2. The first-order chi connectivity index (χ1) is 11.3. The molecular weight excluding hydrogens is 347 g/mol. The second kappa shape index (κ2) is 8.21. The van der Waals surface area contributed by atoms with Gasteiger partial charge in [0.05, 0.1) is 16.0 Å². The monoisotopic (exact) mass is 370 g/mol. The van der Waals surface area contributed by atoms with E-state index in [1.165, 1.54) is 0 Å². The number of likely N-dealkylation sites (tertiary alicyclic amines) is 1. The molecule has 1 heterocycles. The Bertz CT molecular complexity index is 619. The Hall–Kier alpha value is -1.26. The van der Waals surface area contributed by atoms with Gasteiger partial charge in [-0.2, -0.15) is 0 Å². The minimum atomic E-state index is -0.160. The predicted molar refractivity (Wildman–Crippen MR) is 97.5 cm³/mol. The van der Waals surface area contributed by atoms with Crippen LogP contribution >= 0.6 is 23.2 Å². The molecule has 132 valence electrons.